The minimum absolute atomic E-state index is 0.0158. The molecule has 1 aliphatic rings. The lowest BCUT2D eigenvalue weighted by atomic mass is 10.00. The van der Waals surface area contributed by atoms with E-state index >= 15 is 0 Å². The van der Waals surface area contributed by atoms with Gasteiger partial charge in [-0.05, 0) is 23.2 Å². The Labute approximate surface area is 109 Å². The first-order chi connectivity index (χ1) is 8.81. The van der Waals surface area contributed by atoms with Crippen molar-refractivity contribution in [2.24, 2.45) is 5.92 Å². The van der Waals surface area contributed by atoms with Crippen LogP contribution < -0.4 is 5.56 Å². The first-order valence-electron chi connectivity index (χ1n) is 5.94. The molecule has 6 heteroatoms. The van der Waals surface area contributed by atoms with Crippen molar-refractivity contribution in [3.05, 3.63) is 45.8 Å². The van der Waals surface area contributed by atoms with Crippen molar-refractivity contribution in [1.29, 1.82) is 0 Å². The molecule has 1 fully saturated rings. The molecule has 1 saturated heterocycles. The molecule has 0 bridgehead atoms. The molecule has 0 unspecified atom stereocenters. The second kappa shape index (κ2) is 4.99. The molecule has 0 spiro atoms. The molecule has 3 heterocycles. The highest BCUT2D eigenvalue weighted by Crippen LogP contribution is 2.19. The molecule has 0 radical (unpaired) electrons. The summed E-state index contributed by atoms with van der Waals surface area (Å²) in [6.45, 7) is 3.74. The summed E-state index contributed by atoms with van der Waals surface area (Å²) < 4.78 is 5.64. The maximum Gasteiger partial charge on any atom is 0.266 e. The van der Waals surface area contributed by atoms with Crippen LogP contribution in [0.4, 0.5) is 0 Å². The Balaban J connectivity index is 1.51. The summed E-state index contributed by atoms with van der Waals surface area (Å²) in [5, 5.41) is 6.16. The van der Waals surface area contributed by atoms with Gasteiger partial charge >= 0.3 is 0 Å². The number of hydrogen-bond donors (Lipinski definition) is 0. The number of aromatic nitrogens is 3. The summed E-state index contributed by atoms with van der Waals surface area (Å²) in [4.78, 5) is 13.9. The van der Waals surface area contributed by atoms with Crippen LogP contribution in [-0.2, 0) is 13.1 Å². The van der Waals surface area contributed by atoms with Crippen molar-refractivity contribution < 1.29 is 0 Å². The van der Waals surface area contributed by atoms with Gasteiger partial charge in [0.15, 0.2) is 0 Å². The minimum Gasteiger partial charge on any atom is -0.298 e. The zero-order valence-electron chi connectivity index (χ0n) is 9.90. The van der Waals surface area contributed by atoms with Crippen molar-refractivity contribution >= 4 is 11.5 Å². The monoisotopic (exact) mass is 262 g/mol. The lowest BCUT2D eigenvalue weighted by Crippen LogP contribution is -2.48. The smallest absolute Gasteiger partial charge is 0.266 e. The summed E-state index contributed by atoms with van der Waals surface area (Å²) in [6.07, 6.45) is 3.58. The molecule has 2 aromatic heterocycles. The van der Waals surface area contributed by atoms with E-state index in [1.807, 2.05) is 6.20 Å². The lowest BCUT2D eigenvalue weighted by molar-refractivity contribution is 0.0767. The molecule has 5 nitrogen and oxygen atoms in total. The highest BCUT2D eigenvalue weighted by Gasteiger charge is 2.27. The van der Waals surface area contributed by atoms with Gasteiger partial charge < -0.3 is 0 Å². The van der Waals surface area contributed by atoms with Crippen molar-refractivity contribution in [2.45, 2.75) is 13.1 Å². The Morgan fingerprint density at radius 3 is 3.06 bits per heavy atom. The fraction of sp³-hybridized carbons (Fsp3) is 0.417. The average molecular weight is 262 g/mol. The van der Waals surface area contributed by atoms with Crippen LogP contribution in [0.3, 0.4) is 0 Å². The van der Waals surface area contributed by atoms with Gasteiger partial charge in [0.25, 0.3) is 5.56 Å². The summed E-state index contributed by atoms with van der Waals surface area (Å²) in [5.41, 5.74) is 1.26. The van der Waals surface area contributed by atoms with E-state index in [-0.39, 0.29) is 5.56 Å². The van der Waals surface area contributed by atoms with Gasteiger partial charge in [-0.3, -0.25) is 9.69 Å². The fourth-order valence-electron chi connectivity index (χ4n) is 2.25. The third kappa shape index (κ3) is 2.49. The molecule has 18 heavy (non-hydrogen) atoms. The van der Waals surface area contributed by atoms with Crippen molar-refractivity contribution in [3.63, 3.8) is 0 Å². The molecular weight excluding hydrogens is 248 g/mol. The summed E-state index contributed by atoms with van der Waals surface area (Å²) in [7, 11) is 0. The van der Waals surface area contributed by atoms with Crippen LogP contribution in [0.1, 0.15) is 5.56 Å². The second-order valence-electron chi connectivity index (χ2n) is 4.64. The molecule has 2 aromatic rings. The van der Waals surface area contributed by atoms with E-state index in [1.54, 1.807) is 23.0 Å². The van der Waals surface area contributed by atoms with Crippen LogP contribution in [0.25, 0.3) is 0 Å². The van der Waals surface area contributed by atoms with E-state index in [0.29, 0.717) is 5.92 Å². The van der Waals surface area contributed by atoms with E-state index in [1.165, 1.54) is 17.1 Å². The van der Waals surface area contributed by atoms with Crippen molar-refractivity contribution in [3.8, 4) is 0 Å². The Hall–Kier alpha value is -1.53. The maximum atomic E-state index is 11.5. The molecule has 0 amide bonds. The first kappa shape index (κ1) is 11.6. The molecule has 0 aromatic carbocycles. The summed E-state index contributed by atoms with van der Waals surface area (Å²) in [6, 6.07) is 3.23. The number of likely N-dealkylation sites (tertiary alicyclic amines) is 1. The van der Waals surface area contributed by atoms with Gasteiger partial charge in [0, 0.05) is 49.4 Å². The van der Waals surface area contributed by atoms with Gasteiger partial charge in [-0.2, -0.15) is 5.10 Å². The molecule has 0 N–H and O–H groups in total. The van der Waals surface area contributed by atoms with Gasteiger partial charge in [0.05, 0.1) is 6.54 Å². The van der Waals surface area contributed by atoms with Crippen molar-refractivity contribution in [2.75, 3.05) is 13.1 Å². The van der Waals surface area contributed by atoms with Crippen LogP contribution in [0.5, 0.6) is 0 Å². The maximum absolute atomic E-state index is 11.5. The molecule has 0 atom stereocenters. The second-order valence-corrected chi connectivity index (χ2v) is 5.29. The quantitative estimate of drug-likeness (QED) is 0.819. The lowest BCUT2D eigenvalue weighted by Gasteiger charge is -2.38. The van der Waals surface area contributed by atoms with Gasteiger partial charge in [-0.1, -0.05) is 0 Å². The molecule has 0 saturated carbocycles. The van der Waals surface area contributed by atoms with Gasteiger partial charge in [-0.15, -0.1) is 0 Å². The highest BCUT2D eigenvalue weighted by molar-refractivity contribution is 7.03. The SMILES string of the molecule is O=c1cccnn1CC1CN(Cc2cnsc2)C1. The van der Waals surface area contributed by atoms with E-state index in [4.69, 9.17) is 0 Å². The topological polar surface area (TPSA) is 51.0 Å². The van der Waals surface area contributed by atoms with Crippen LogP contribution in [0.2, 0.25) is 0 Å². The number of hydrogen-bond acceptors (Lipinski definition) is 5. The molecule has 1 aliphatic heterocycles. The first-order valence-corrected chi connectivity index (χ1v) is 6.77. The van der Waals surface area contributed by atoms with Crippen LogP contribution >= 0.6 is 11.5 Å². The van der Waals surface area contributed by atoms with E-state index in [2.05, 4.69) is 19.8 Å². The highest BCUT2D eigenvalue weighted by atomic mass is 32.1. The Kier molecular flexibility index (Phi) is 3.21. The number of rotatable bonds is 4. The van der Waals surface area contributed by atoms with Crippen LogP contribution in [0, 0.1) is 5.92 Å². The summed E-state index contributed by atoms with van der Waals surface area (Å²) in [5.74, 6) is 0.532. The molecule has 3 rings (SSSR count). The van der Waals surface area contributed by atoms with Crippen molar-refractivity contribution in [1.82, 2.24) is 19.1 Å². The van der Waals surface area contributed by atoms with Crippen LogP contribution in [-0.4, -0.2) is 32.1 Å². The molecule has 0 aliphatic carbocycles. The Morgan fingerprint density at radius 1 is 1.44 bits per heavy atom. The van der Waals surface area contributed by atoms with Crippen LogP contribution in [0.15, 0.2) is 34.7 Å². The van der Waals surface area contributed by atoms with E-state index in [9.17, 15) is 4.79 Å². The normalized spacial score (nSPS) is 16.7. The summed E-state index contributed by atoms with van der Waals surface area (Å²) >= 11 is 1.49. The minimum atomic E-state index is -0.0158. The standard InChI is InChI=1S/C12H14N4OS/c17-12-2-1-3-13-16(12)8-11-6-15(7-11)5-10-4-14-18-9-10/h1-4,9,11H,5-8H2. The predicted octanol–water partition coefficient (Wildman–Crippen LogP) is 0.832. The van der Waals surface area contributed by atoms with Gasteiger partial charge in [0.2, 0.25) is 0 Å². The van der Waals surface area contributed by atoms with Gasteiger partial charge in [-0.25, -0.2) is 9.06 Å². The van der Waals surface area contributed by atoms with E-state index in [0.717, 1.165) is 26.2 Å². The Morgan fingerprint density at radius 2 is 2.33 bits per heavy atom. The molecule has 94 valence electrons. The third-order valence-corrected chi connectivity index (χ3v) is 3.77. The van der Waals surface area contributed by atoms with Gasteiger partial charge in [0.1, 0.15) is 0 Å². The zero-order valence-corrected chi connectivity index (χ0v) is 10.7. The Bertz CT molecular complexity index is 559. The third-order valence-electron chi connectivity index (χ3n) is 3.14. The largest absolute Gasteiger partial charge is 0.298 e. The molecular formula is C12H14N4OS. The van der Waals surface area contributed by atoms with E-state index < -0.39 is 0 Å². The number of nitrogens with zero attached hydrogens (tertiary/aromatic N) is 4. The average Bonchev–Trinajstić information content (AvgIpc) is 2.81. The zero-order chi connectivity index (χ0) is 12.4. The predicted molar refractivity (Wildman–Crippen MR) is 69.4 cm³/mol. The fourth-order valence-corrected chi connectivity index (χ4v) is 2.78.